The number of aryl methyl sites for hydroxylation is 1. The maximum atomic E-state index is 12.6. The van der Waals surface area contributed by atoms with Crippen LogP contribution in [0.5, 0.6) is 0 Å². The molecule has 0 atom stereocenters. The van der Waals surface area contributed by atoms with Gasteiger partial charge >= 0.3 is 6.18 Å². The fourth-order valence-corrected chi connectivity index (χ4v) is 2.78. The Hall–Kier alpha value is -2.88. The number of anilines is 1. The van der Waals surface area contributed by atoms with E-state index in [4.69, 9.17) is 0 Å². The Morgan fingerprint density at radius 1 is 1.26 bits per heavy atom. The summed E-state index contributed by atoms with van der Waals surface area (Å²) in [5.74, 6) is -1.32. The molecule has 0 radical (unpaired) electrons. The SMILES string of the molecule is Cc1ccc(C(=O)NCC(F)(F)F)cc1NC(=O)c1n[nH]c2c1CNCC2. The van der Waals surface area contributed by atoms with Gasteiger partial charge in [-0.25, -0.2) is 0 Å². The molecule has 144 valence electrons. The van der Waals surface area contributed by atoms with Gasteiger partial charge in [0.2, 0.25) is 0 Å². The van der Waals surface area contributed by atoms with Crippen molar-refractivity contribution in [2.45, 2.75) is 26.1 Å². The second-order valence-corrected chi connectivity index (χ2v) is 6.24. The minimum absolute atomic E-state index is 0.0193. The second-order valence-electron chi connectivity index (χ2n) is 6.24. The Bertz CT molecular complexity index is 876. The van der Waals surface area contributed by atoms with Gasteiger partial charge in [-0.2, -0.15) is 18.3 Å². The number of alkyl halides is 3. The third kappa shape index (κ3) is 4.45. The van der Waals surface area contributed by atoms with Gasteiger partial charge in [-0.05, 0) is 24.6 Å². The first kappa shape index (κ1) is 18.9. The average Bonchev–Trinajstić information content (AvgIpc) is 3.05. The van der Waals surface area contributed by atoms with Gasteiger partial charge in [0.25, 0.3) is 11.8 Å². The van der Waals surface area contributed by atoms with Crippen molar-refractivity contribution in [3.05, 3.63) is 46.3 Å². The van der Waals surface area contributed by atoms with Gasteiger partial charge in [0, 0.05) is 42.0 Å². The number of benzene rings is 1. The highest BCUT2D eigenvalue weighted by atomic mass is 19.4. The van der Waals surface area contributed by atoms with E-state index < -0.39 is 24.5 Å². The molecule has 2 heterocycles. The van der Waals surface area contributed by atoms with Gasteiger partial charge < -0.3 is 16.0 Å². The molecule has 3 rings (SSSR count). The first-order chi connectivity index (χ1) is 12.7. The zero-order valence-corrected chi connectivity index (χ0v) is 14.5. The van der Waals surface area contributed by atoms with Crippen molar-refractivity contribution in [3.8, 4) is 0 Å². The first-order valence-corrected chi connectivity index (χ1v) is 8.28. The molecule has 2 amide bonds. The lowest BCUT2D eigenvalue weighted by Gasteiger charge is -2.14. The molecule has 1 aliphatic rings. The van der Waals surface area contributed by atoms with Crippen LogP contribution >= 0.6 is 0 Å². The molecule has 0 aliphatic carbocycles. The van der Waals surface area contributed by atoms with Crippen molar-refractivity contribution in [2.75, 3.05) is 18.4 Å². The molecule has 0 saturated heterocycles. The van der Waals surface area contributed by atoms with Crippen LogP contribution in [-0.2, 0) is 13.0 Å². The van der Waals surface area contributed by atoms with Gasteiger partial charge in [0.1, 0.15) is 6.54 Å². The van der Waals surface area contributed by atoms with Crippen LogP contribution in [-0.4, -0.2) is 41.3 Å². The number of nitrogens with one attached hydrogen (secondary N) is 4. The number of hydrogen-bond donors (Lipinski definition) is 4. The maximum absolute atomic E-state index is 12.6. The molecule has 0 saturated carbocycles. The minimum Gasteiger partial charge on any atom is -0.343 e. The predicted octanol–water partition coefficient (Wildman–Crippen LogP) is 1.91. The highest BCUT2D eigenvalue weighted by molar-refractivity contribution is 6.05. The summed E-state index contributed by atoms with van der Waals surface area (Å²) in [6.45, 7) is 1.61. The Kier molecular flexibility index (Phi) is 5.17. The van der Waals surface area contributed by atoms with E-state index in [-0.39, 0.29) is 11.3 Å². The molecule has 4 N–H and O–H groups in total. The Labute approximate surface area is 152 Å². The molecular formula is C17H18F3N5O2. The normalized spacial score (nSPS) is 13.8. The van der Waals surface area contributed by atoms with Crippen molar-refractivity contribution in [3.63, 3.8) is 0 Å². The zero-order chi connectivity index (χ0) is 19.6. The lowest BCUT2D eigenvalue weighted by atomic mass is 10.1. The molecule has 1 aromatic carbocycles. The van der Waals surface area contributed by atoms with Gasteiger partial charge in [-0.3, -0.25) is 14.7 Å². The molecule has 27 heavy (non-hydrogen) atoms. The number of rotatable bonds is 4. The number of aromatic nitrogens is 2. The largest absolute Gasteiger partial charge is 0.405 e. The van der Waals surface area contributed by atoms with Crippen LogP contribution in [0.3, 0.4) is 0 Å². The summed E-state index contributed by atoms with van der Waals surface area (Å²) in [6.07, 6.45) is -3.76. The Morgan fingerprint density at radius 2 is 2.04 bits per heavy atom. The van der Waals surface area contributed by atoms with Gasteiger partial charge in [0.15, 0.2) is 5.69 Å². The van der Waals surface area contributed by atoms with Gasteiger partial charge in [-0.1, -0.05) is 6.07 Å². The lowest BCUT2D eigenvalue weighted by Crippen LogP contribution is -2.33. The number of carbonyl (C=O) groups excluding carboxylic acids is 2. The zero-order valence-electron chi connectivity index (χ0n) is 14.5. The maximum Gasteiger partial charge on any atom is 0.405 e. The highest BCUT2D eigenvalue weighted by Crippen LogP contribution is 2.21. The van der Waals surface area contributed by atoms with E-state index in [2.05, 4.69) is 20.8 Å². The van der Waals surface area contributed by atoms with E-state index in [1.54, 1.807) is 18.3 Å². The molecular weight excluding hydrogens is 363 g/mol. The average molecular weight is 381 g/mol. The fourth-order valence-electron chi connectivity index (χ4n) is 2.78. The number of hydrogen-bond acceptors (Lipinski definition) is 4. The lowest BCUT2D eigenvalue weighted by molar-refractivity contribution is -0.123. The first-order valence-electron chi connectivity index (χ1n) is 8.28. The molecule has 0 fully saturated rings. The predicted molar refractivity (Wildman–Crippen MR) is 91.5 cm³/mol. The molecule has 0 bridgehead atoms. The molecule has 1 aliphatic heterocycles. The highest BCUT2D eigenvalue weighted by Gasteiger charge is 2.28. The standard InChI is InChI=1S/C17H18F3N5O2/c1-9-2-3-10(15(26)22-8-17(18,19)20)6-13(9)23-16(27)14-11-7-21-5-4-12(11)24-25-14/h2-3,6,21H,4-5,7-8H2,1H3,(H,22,26)(H,23,27)(H,24,25). The minimum atomic E-state index is -4.50. The summed E-state index contributed by atoms with van der Waals surface area (Å²) in [6, 6.07) is 4.30. The van der Waals surface area contributed by atoms with Crippen LogP contribution in [0, 0.1) is 6.92 Å². The third-order valence-electron chi connectivity index (χ3n) is 4.22. The Balaban J connectivity index is 1.76. The smallest absolute Gasteiger partial charge is 0.343 e. The number of halogens is 3. The topological polar surface area (TPSA) is 98.9 Å². The summed E-state index contributed by atoms with van der Waals surface area (Å²) in [4.78, 5) is 24.5. The van der Waals surface area contributed by atoms with Crippen LogP contribution in [0.15, 0.2) is 18.2 Å². The molecule has 7 nitrogen and oxygen atoms in total. The molecule has 2 aromatic rings. The number of nitrogens with zero attached hydrogens (tertiary/aromatic N) is 1. The van der Waals surface area contributed by atoms with Crippen LogP contribution < -0.4 is 16.0 Å². The number of H-pyrrole nitrogens is 1. The summed E-state index contributed by atoms with van der Waals surface area (Å²) in [5, 5.41) is 14.5. The summed E-state index contributed by atoms with van der Waals surface area (Å²) in [5.41, 5.74) is 2.96. The van der Waals surface area contributed by atoms with Crippen molar-refractivity contribution < 1.29 is 22.8 Å². The number of aromatic amines is 1. The summed E-state index contributed by atoms with van der Waals surface area (Å²) in [7, 11) is 0. The molecule has 10 heteroatoms. The van der Waals surface area contributed by atoms with Crippen LogP contribution in [0.2, 0.25) is 0 Å². The number of fused-ring (bicyclic) bond motifs is 1. The van der Waals surface area contributed by atoms with Crippen molar-refractivity contribution >= 4 is 17.5 Å². The molecule has 1 aromatic heterocycles. The van der Waals surface area contributed by atoms with Crippen molar-refractivity contribution in [1.29, 1.82) is 0 Å². The number of amides is 2. The number of carbonyl (C=O) groups is 2. The summed E-state index contributed by atoms with van der Waals surface area (Å²) >= 11 is 0. The third-order valence-corrected chi connectivity index (χ3v) is 4.22. The fraction of sp³-hybridized carbons (Fsp3) is 0.353. The van der Waals surface area contributed by atoms with Crippen LogP contribution in [0.1, 0.15) is 37.7 Å². The summed E-state index contributed by atoms with van der Waals surface area (Å²) < 4.78 is 36.8. The van der Waals surface area contributed by atoms with E-state index in [9.17, 15) is 22.8 Å². The van der Waals surface area contributed by atoms with Gasteiger partial charge in [0.05, 0.1) is 0 Å². The van der Waals surface area contributed by atoms with E-state index >= 15 is 0 Å². The van der Waals surface area contributed by atoms with Gasteiger partial charge in [-0.15, -0.1) is 0 Å². The van der Waals surface area contributed by atoms with E-state index in [0.29, 0.717) is 17.8 Å². The van der Waals surface area contributed by atoms with Crippen molar-refractivity contribution in [2.24, 2.45) is 0 Å². The molecule has 0 unspecified atom stereocenters. The molecule has 0 spiro atoms. The van der Waals surface area contributed by atoms with Crippen LogP contribution in [0.25, 0.3) is 0 Å². The van der Waals surface area contributed by atoms with Crippen LogP contribution in [0.4, 0.5) is 18.9 Å². The second kappa shape index (κ2) is 7.39. The quantitative estimate of drug-likeness (QED) is 0.650. The van der Waals surface area contributed by atoms with E-state index in [0.717, 1.165) is 24.2 Å². The Morgan fingerprint density at radius 3 is 2.78 bits per heavy atom. The van der Waals surface area contributed by atoms with E-state index in [1.165, 1.54) is 12.1 Å². The monoisotopic (exact) mass is 381 g/mol. The van der Waals surface area contributed by atoms with E-state index in [1.807, 2.05) is 0 Å². The van der Waals surface area contributed by atoms with Crippen molar-refractivity contribution in [1.82, 2.24) is 20.8 Å².